The number of primary amides is 1. The van der Waals surface area contributed by atoms with Crippen LogP contribution in [0.4, 0.5) is 10.5 Å². The van der Waals surface area contributed by atoms with Gasteiger partial charge < -0.3 is 26.0 Å². The van der Waals surface area contributed by atoms with Crippen molar-refractivity contribution in [1.82, 2.24) is 10.2 Å². The van der Waals surface area contributed by atoms with Gasteiger partial charge in [-0.05, 0) is 69.9 Å². The normalized spacial score (nSPS) is 12.6. The first-order valence-corrected chi connectivity index (χ1v) is 12.4. The standard InChI is InChI=1S/C29H38N4O5/c1-8-20-14-11-15-21(16-20)25(26(35)32-24-18(3)12-10-13-19(24)4)33(9-2)27(36)22(17-23(30)34)31-28(37)38-29(5,6)7/h8,10-16,22,25H,1,9,17H2,2-7H3,(H2,30,34)(H,31,37)(H,32,35). The number of anilines is 1. The summed E-state index contributed by atoms with van der Waals surface area (Å²) < 4.78 is 5.28. The van der Waals surface area contributed by atoms with Gasteiger partial charge in [-0.2, -0.15) is 0 Å². The van der Waals surface area contributed by atoms with E-state index in [-0.39, 0.29) is 6.54 Å². The Morgan fingerprint density at radius 1 is 1.08 bits per heavy atom. The van der Waals surface area contributed by atoms with Crippen LogP contribution in [-0.4, -0.2) is 46.9 Å². The number of aryl methyl sites for hydroxylation is 2. The minimum absolute atomic E-state index is 0.104. The Morgan fingerprint density at radius 3 is 2.21 bits per heavy atom. The van der Waals surface area contributed by atoms with E-state index < -0.39 is 47.9 Å². The van der Waals surface area contributed by atoms with E-state index in [1.807, 2.05) is 38.1 Å². The molecule has 204 valence electrons. The molecule has 2 aromatic carbocycles. The fourth-order valence-corrected chi connectivity index (χ4v) is 4.05. The fourth-order valence-electron chi connectivity index (χ4n) is 4.05. The number of amides is 4. The third-order valence-electron chi connectivity index (χ3n) is 5.77. The molecule has 0 aliphatic heterocycles. The van der Waals surface area contributed by atoms with Crippen molar-refractivity contribution >= 4 is 35.6 Å². The number of ether oxygens (including phenoxy) is 1. The fraction of sp³-hybridized carbons (Fsp3) is 0.379. The van der Waals surface area contributed by atoms with E-state index >= 15 is 0 Å². The molecule has 0 saturated carbocycles. The lowest BCUT2D eigenvalue weighted by Gasteiger charge is -2.33. The smallest absolute Gasteiger partial charge is 0.408 e. The molecular weight excluding hydrogens is 484 g/mol. The quantitative estimate of drug-likeness (QED) is 0.430. The lowest BCUT2D eigenvalue weighted by molar-refractivity contribution is -0.141. The third kappa shape index (κ3) is 8.19. The molecule has 0 bridgehead atoms. The first-order chi connectivity index (χ1) is 17.8. The van der Waals surface area contributed by atoms with Crippen LogP contribution in [0.2, 0.25) is 0 Å². The van der Waals surface area contributed by atoms with Crippen LogP contribution in [-0.2, 0) is 19.1 Å². The molecule has 9 nitrogen and oxygen atoms in total. The van der Waals surface area contributed by atoms with Crippen LogP contribution < -0.4 is 16.4 Å². The minimum atomic E-state index is -1.33. The van der Waals surface area contributed by atoms with E-state index in [9.17, 15) is 19.2 Å². The van der Waals surface area contributed by atoms with Gasteiger partial charge in [0.2, 0.25) is 11.8 Å². The van der Waals surface area contributed by atoms with Gasteiger partial charge in [-0.3, -0.25) is 14.4 Å². The summed E-state index contributed by atoms with van der Waals surface area (Å²) in [4.78, 5) is 53.3. The van der Waals surface area contributed by atoms with E-state index in [0.29, 0.717) is 11.3 Å². The van der Waals surface area contributed by atoms with E-state index in [1.54, 1.807) is 52.0 Å². The molecule has 0 aliphatic carbocycles. The molecule has 0 aliphatic rings. The topological polar surface area (TPSA) is 131 Å². The summed E-state index contributed by atoms with van der Waals surface area (Å²) in [5.74, 6) is -1.89. The van der Waals surface area contributed by atoms with Crippen molar-refractivity contribution in [2.75, 3.05) is 11.9 Å². The van der Waals surface area contributed by atoms with Crippen LogP contribution in [0, 0.1) is 13.8 Å². The van der Waals surface area contributed by atoms with Gasteiger partial charge in [0.1, 0.15) is 17.7 Å². The van der Waals surface area contributed by atoms with Crippen molar-refractivity contribution in [3.8, 4) is 0 Å². The lowest BCUT2D eigenvalue weighted by Crippen LogP contribution is -2.53. The van der Waals surface area contributed by atoms with Crippen molar-refractivity contribution in [2.45, 2.75) is 65.6 Å². The molecule has 2 rings (SSSR count). The first-order valence-electron chi connectivity index (χ1n) is 12.4. The minimum Gasteiger partial charge on any atom is -0.444 e. The number of rotatable bonds is 10. The number of carbonyl (C=O) groups excluding carboxylic acids is 4. The molecule has 2 atom stereocenters. The maximum absolute atomic E-state index is 13.8. The van der Waals surface area contributed by atoms with Gasteiger partial charge in [0.25, 0.3) is 5.91 Å². The summed E-state index contributed by atoms with van der Waals surface area (Å²) in [5.41, 5.74) is 8.25. The molecule has 0 spiro atoms. The Morgan fingerprint density at radius 2 is 1.68 bits per heavy atom. The van der Waals surface area contributed by atoms with Crippen LogP contribution in [0.25, 0.3) is 6.08 Å². The highest BCUT2D eigenvalue weighted by Crippen LogP contribution is 2.28. The van der Waals surface area contributed by atoms with Crippen molar-refractivity contribution in [1.29, 1.82) is 0 Å². The van der Waals surface area contributed by atoms with Crippen LogP contribution >= 0.6 is 0 Å². The number of alkyl carbamates (subject to hydrolysis) is 1. The molecule has 0 radical (unpaired) electrons. The highest BCUT2D eigenvalue weighted by Gasteiger charge is 2.36. The number of benzene rings is 2. The largest absolute Gasteiger partial charge is 0.444 e. The Balaban J connectivity index is 2.54. The van der Waals surface area contributed by atoms with Gasteiger partial charge in [-0.1, -0.05) is 49.1 Å². The summed E-state index contributed by atoms with van der Waals surface area (Å²) in [6, 6.07) is 10.3. The second-order valence-electron chi connectivity index (χ2n) is 10.0. The zero-order chi connectivity index (χ0) is 28.6. The number of likely N-dealkylation sites (N-methyl/N-ethyl adjacent to an activating group) is 1. The average molecular weight is 523 g/mol. The molecule has 0 aromatic heterocycles. The van der Waals surface area contributed by atoms with Crippen molar-refractivity contribution < 1.29 is 23.9 Å². The Labute approximate surface area is 224 Å². The number of nitrogens with one attached hydrogen (secondary N) is 2. The van der Waals surface area contributed by atoms with Gasteiger partial charge in [0, 0.05) is 12.2 Å². The second kappa shape index (κ2) is 12.9. The molecule has 0 saturated heterocycles. The van der Waals surface area contributed by atoms with Crippen LogP contribution in [0.1, 0.15) is 62.4 Å². The molecule has 9 heteroatoms. The molecule has 2 aromatic rings. The van der Waals surface area contributed by atoms with Gasteiger partial charge in [-0.15, -0.1) is 0 Å². The monoisotopic (exact) mass is 522 g/mol. The van der Waals surface area contributed by atoms with Crippen molar-refractivity contribution in [3.63, 3.8) is 0 Å². The Kier molecular flexibility index (Phi) is 10.2. The molecule has 0 fully saturated rings. The van der Waals surface area contributed by atoms with E-state index in [2.05, 4.69) is 17.2 Å². The van der Waals surface area contributed by atoms with Gasteiger partial charge in [-0.25, -0.2) is 4.79 Å². The van der Waals surface area contributed by atoms with E-state index in [4.69, 9.17) is 10.5 Å². The van der Waals surface area contributed by atoms with Crippen LogP contribution in [0.5, 0.6) is 0 Å². The zero-order valence-corrected chi connectivity index (χ0v) is 23.0. The summed E-state index contributed by atoms with van der Waals surface area (Å²) in [6.07, 6.45) is 0.299. The number of carbonyl (C=O) groups is 4. The maximum Gasteiger partial charge on any atom is 0.408 e. The average Bonchev–Trinajstić information content (AvgIpc) is 2.82. The van der Waals surface area contributed by atoms with Crippen molar-refractivity contribution in [3.05, 3.63) is 71.3 Å². The van der Waals surface area contributed by atoms with Crippen LogP contribution in [0.3, 0.4) is 0 Å². The van der Waals surface area contributed by atoms with E-state index in [1.165, 1.54) is 4.90 Å². The van der Waals surface area contributed by atoms with Gasteiger partial charge in [0.05, 0.1) is 6.42 Å². The lowest BCUT2D eigenvalue weighted by atomic mass is 9.99. The third-order valence-corrected chi connectivity index (χ3v) is 5.77. The Bertz CT molecular complexity index is 1180. The highest BCUT2D eigenvalue weighted by molar-refractivity contribution is 6.00. The Hall–Kier alpha value is -4.14. The highest BCUT2D eigenvalue weighted by atomic mass is 16.6. The number of hydrogen-bond donors (Lipinski definition) is 3. The number of nitrogens with zero attached hydrogens (tertiary/aromatic N) is 1. The van der Waals surface area contributed by atoms with Gasteiger partial charge >= 0.3 is 6.09 Å². The van der Waals surface area contributed by atoms with Crippen molar-refractivity contribution in [2.24, 2.45) is 5.73 Å². The number of hydrogen-bond acceptors (Lipinski definition) is 5. The molecular formula is C29H38N4O5. The molecule has 38 heavy (non-hydrogen) atoms. The molecule has 4 N–H and O–H groups in total. The molecule has 4 amide bonds. The number of nitrogens with two attached hydrogens (primary N) is 1. The summed E-state index contributed by atoms with van der Waals surface area (Å²) in [5, 5.41) is 5.43. The molecule has 2 unspecified atom stereocenters. The summed E-state index contributed by atoms with van der Waals surface area (Å²) in [6.45, 7) is 14.4. The summed E-state index contributed by atoms with van der Waals surface area (Å²) in [7, 11) is 0. The number of para-hydroxylation sites is 1. The van der Waals surface area contributed by atoms with Gasteiger partial charge in [0.15, 0.2) is 0 Å². The predicted molar refractivity (Wildman–Crippen MR) is 148 cm³/mol. The SMILES string of the molecule is C=Cc1cccc(C(C(=O)Nc2c(C)cccc2C)N(CC)C(=O)C(CC(N)=O)NC(=O)OC(C)(C)C)c1. The predicted octanol–water partition coefficient (Wildman–Crippen LogP) is 4.24. The summed E-state index contributed by atoms with van der Waals surface area (Å²) >= 11 is 0. The first kappa shape index (κ1) is 30.1. The maximum atomic E-state index is 13.8. The zero-order valence-electron chi connectivity index (χ0n) is 23.0. The molecule has 0 heterocycles. The van der Waals surface area contributed by atoms with Crippen LogP contribution in [0.15, 0.2) is 49.0 Å². The van der Waals surface area contributed by atoms with E-state index in [0.717, 1.165) is 16.7 Å². The second-order valence-corrected chi connectivity index (χ2v) is 10.0.